The Kier molecular flexibility index (Phi) is 4.59. The Morgan fingerprint density at radius 2 is 1.62 bits per heavy atom. The van der Waals surface area contributed by atoms with Crippen LogP contribution < -0.4 is 16.6 Å². The van der Waals surface area contributed by atoms with Crippen molar-refractivity contribution in [2.24, 2.45) is 14.1 Å². The zero-order valence-electron chi connectivity index (χ0n) is 16.0. The van der Waals surface area contributed by atoms with E-state index >= 15 is 0 Å². The Morgan fingerprint density at radius 1 is 0.966 bits per heavy atom. The van der Waals surface area contributed by atoms with E-state index < -0.39 is 17.2 Å². The van der Waals surface area contributed by atoms with Crippen molar-refractivity contribution in [2.45, 2.75) is 6.54 Å². The third kappa shape index (κ3) is 3.36. The fourth-order valence-corrected chi connectivity index (χ4v) is 3.26. The second kappa shape index (κ2) is 7.23. The number of carbonyl (C=O) groups excluding carboxylic acids is 1. The molecule has 0 bridgehead atoms. The molecule has 146 valence electrons. The predicted octanol–water partition coefficient (Wildman–Crippen LogP) is 1.74. The summed E-state index contributed by atoms with van der Waals surface area (Å²) in [5.74, 6) is -0.460. The summed E-state index contributed by atoms with van der Waals surface area (Å²) < 4.78 is 3.71. The maximum atomic E-state index is 12.7. The summed E-state index contributed by atoms with van der Waals surface area (Å²) in [7, 11) is 3.19. The van der Waals surface area contributed by atoms with E-state index in [2.05, 4.69) is 10.3 Å². The number of imidazole rings is 1. The van der Waals surface area contributed by atoms with Crippen molar-refractivity contribution >= 4 is 22.8 Å². The first-order valence-electron chi connectivity index (χ1n) is 9.02. The Balaban J connectivity index is 1.57. The van der Waals surface area contributed by atoms with Crippen molar-refractivity contribution in [1.29, 1.82) is 0 Å². The molecule has 1 amide bonds. The van der Waals surface area contributed by atoms with E-state index in [4.69, 9.17) is 0 Å². The van der Waals surface area contributed by atoms with E-state index in [1.54, 1.807) is 19.2 Å². The first-order chi connectivity index (χ1) is 14.0. The summed E-state index contributed by atoms with van der Waals surface area (Å²) in [4.78, 5) is 41.7. The molecule has 0 aliphatic heterocycles. The number of nitrogens with one attached hydrogen (secondary N) is 1. The number of hydrogen-bond donors (Lipinski definition) is 1. The molecule has 0 unspecified atom stereocenters. The number of anilines is 1. The van der Waals surface area contributed by atoms with Crippen LogP contribution in [-0.2, 0) is 25.4 Å². The largest absolute Gasteiger partial charge is 0.332 e. The van der Waals surface area contributed by atoms with Crippen LogP contribution in [0.15, 0.2) is 70.5 Å². The average Bonchev–Trinajstić information content (AvgIpc) is 3.12. The third-order valence-corrected chi connectivity index (χ3v) is 4.78. The Bertz CT molecular complexity index is 1310. The fraction of sp³-hybridized carbons (Fsp3) is 0.143. The van der Waals surface area contributed by atoms with Gasteiger partial charge < -0.3 is 9.88 Å². The van der Waals surface area contributed by atoms with Crippen molar-refractivity contribution < 1.29 is 4.79 Å². The number of fused-ring (bicyclic) bond motifs is 1. The van der Waals surface area contributed by atoms with Gasteiger partial charge in [-0.2, -0.15) is 0 Å². The minimum atomic E-state index is -0.587. The van der Waals surface area contributed by atoms with Crippen LogP contribution in [0.1, 0.15) is 0 Å². The molecular formula is C21H19N5O3. The minimum Gasteiger partial charge on any atom is -0.328 e. The molecule has 2 aromatic carbocycles. The van der Waals surface area contributed by atoms with Gasteiger partial charge in [0.05, 0.1) is 6.33 Å². The molecule has 0 fully saturated rings. The summed E-state index contributed by atoms with van der Waals surface area (Å²) in [6.45, 7) is -0.382. The van der Waals surface area contributed by atoms with Crippen molar-refractivity contribution in [3.8, 4) is 11.1 Å². The summed E-state index contributed by atoms with van der Waals surface area (Å²) in [5, 5.41) is 2.73. The number of carbonyl (C=O) groups is 1. The Hall–Kier alpha value is -3.94. The number of amides is 1. The summed E-state index contributed by atoms with van der Waals surface area (Å²) in [5.41, 5.74) is 2.11. The zero-order valence-corrected chi connectivity index (χ0v) is 16.0. The number of aryl methyl sites for hydroxylation is 2. The lowest BCUT2D eigenvalue weighted by atomic mass is 10.1. The number of rotatable bonds is 4. The predicted molar refractivity (Wildman–Crippen MR) is 111 cm³/mol. The molecule has 0 saturated carbocycles. The van der Waals surface area contributed by atoms with Gasteiger partial charge in [0.2, 0.25) is 5.91 Å². The Morgan fingerprint density at radius 3 is 2.31 bits per heavy atom. The lowest BCUT2D eigenvalue weighted by molar-refractivity contribution is -0.116. The van der Waals surface area contributed by atoms with Gasteiger partial charge in [0.25, 0.3) is 5.56 Å². The number of nitrogens with zero attached hydrogens (tertiary/aromatic N) is 4. The second-order valence-corrected chi connectivity index (χ2v) is 6.75. The molecule has 29 heavy (non-hydrogen) atoms. The summed E-state index contributed by atoms with van der Waals surface area (Å²) >= 11 is 0. The molecule has 0 radical (unpaired) electrons. The van der Waals surface area contributed by atoms with E-state index in [9.17, 15) is 14.4 Å². The quantitative estimate of drug-likeness (QED) is 0.576. The first-order valence-corrected chi connectivity index (χ1v) is 9.02. The molecule has 2 aromatic heterocycles. The van der Waals surface area contributed by atoms with Crippen LogP contribution >= 0.6 is 0 Å². The molecule has 0 spiro atoms. The first kappa shape index (κ1) is 18.4. The normalized spacial score (nSPS) is 11.0. The van der Waals surface area contributed by atoms with Crippen molar-refractivity contribution in [1.82, 2.24) is 18.7 Å². The van der Waals surface area contributed by atoms with Crippen LogP contribution in [0.3, 0.4) is 0 Å². The molecule has 0 saturated heterocycles. The van der Waals surface area contributed by atoms with Gasteiger partial charge in [-0.3, -0.25) is 14.2 Å². The number of benzene rings is 2. The highest BCUT2D eigenvalue weighted by Gasteiger charge is 2.17. The van der Waals surface area contributed by atoms with Gasteiger partial charge in [-0.25, -0.2) is 14.3 Å². The van der Waals surface area contributed by atoms with Crippen LogP contribution in [0.5, 0.6) is 0 Å². The van der Waals surface area contributed by atoms with Crippen LogP contribution in [0.25, 0.3) is 22.3 Å². The van der Waals surface area contributed by atoms with Crippen molar-refractivity contribution in [3.63, 3.8) is 0 Å². The van der Waals surface area contributed by atoms with Crippen LogP contribution in [0, 0.1) is 0 Å². The van der Waals surface area contributed by atoms with E-state index in [0.29, 0.717) is 5.69 Å². The maximum absolute atomic E-state index is 12.7. The molecule has 0 aliphatic rings. The molecule has 4 rings (SSSR count). The van der Waals surface area contributed by atoms with E-state index in [0.717, 1.165) is 15.7 Å². The average molecular weight is 389 g/mol. The lowest BCUT2D eigenvalue weighted by Gasteiger charge is -2.10. The topological polar surface area (TPSA) is 90.9 Å². The van der Waals surface area contributed by atoms with Crippen LogP contribution in [-0.4, -0.2) is 24.6 Å². The Labute approximate surface area is 165 Å². The molecule has 4 aromatic rings. The van der Waals surface area contributed by atoms with Gasteiger partial charge in [-0.1, -0.05) is 42.5 Å². The molecular weight excluding hydrogens is 370 g/mol. The number of hydrogen-bond acceptors (Lipinski definition) is 4. The summed E-state index contributed by atoms with van der Waals surface area (Å²) in [6, 6.07) is 17.2. The molecule has 8 heteroatoms. The second-order valence-electron chi connectivity index (χ2n) is 6.75. The highest BCUT2D eigenvalue weighted by molar-refractivity contribution is 5.91. The van der Waals surface area contributed by atoms with Gasteiger partial charge >= 0.3 is 5.69 Å². The SMILES string of the molecule is Cn1cnc2c1c(=O)n(CC(=O)Nc1ccc(-c3ccccc3)cc1)c(=O)n2C. The highest BCUT2D eigenvalue weighted by atomic mass is 16.2. The van der Waals surface area contributed by atoms with E-state index in [1.807, 2.05) is 42.5 Å². The van der Waals surface area contributed by atoms with E-state index in [-0.39, 0.29) is 17.7 Å². The molecule has 8 nitrogen and oxygen atoms in total. The van der Waals surface area contributed by atoms with Crippen LogP contribution in [0.4, 0.5) is 5.69 Å². The monoisotopic (exact) mass is 389 g/mol. The van der Waals surface area contributed by atoms with Gasteiger partial charge in [0, 0.05) is 19.8 Å². The van der Waals surface area contributed by atoms with E-state index in [1.165, 1.54) is 22.5 Å². The summed E-state index contributed by atoms with van der Waals surface area (Å²) in [6.07, 6.45) is 1.46. The standard InChI is InChI=1S/C21H19N5O3/c1-24-13-22-19-18(24)20(28)26(21(29)25(19)2)12-17(27)23-16-10-8-15(9-11-16)14-6-4-3-5-7-14/h3-11,13H,12H2,1-2H3,(H,23,27). The van der Waals surface area contributed by atoms with Gasteiger partial charge in [0.15, 0.2) is 11.2 Å². The zero-order chi connectivity index (χ0) is 20.5. The molecule has 0 atom stereocenters. The third-order valence-electron chi connectivity index (χ3n) is 4.78. The smallest absolute Gasteiger partial charge is 0.328 e. The van der Waals surface area contributed by atoms with Gasteiger partial charge in [-0.05, 0) is 23.3 Å². The van der Waals surface area contributed by atoms with Gasteiger partial charge in [0.1, 0.15) is 6.54 Å². The van der Waals surface area contributed by atoms with Crippen molar-refractivity contribution in [2.75, 3.05) is 5.32 Å². The molecule has 2 heterocycles. The molecule has 0 aliphatic carbocycles. The molecule has 1 N–H and O–H groups in total. The lowest BCUT2D eigenvalue weighted by Crippen LogP contribution is -2.42. The fourth-order valence-electron chi connectivity index (χ4n) is 3.26. The van der Waals surface area contributed by atoms with Gasteiger partial charge in [-0.15, -0.1) is 0 Å². The van der Waals surface area contributed by atoms with Crippen molar-refractivity contribution in [3.05, 3.63) is 81.8 Å². The van der Waals surface area contributed by atoms with Crippen LogP contribution in [0.2, 0.25) is 0 Å². The maximum Gasteiger partial charge on any atom is 0.332 e. The number of aromatic nitrogens is 4. The highest BCUT2D eigenvalue weighted by Crippen LogP contribution is 2.20. The minimum absolute atomic E-state index is 0.270.